The van der Waals surface area contributed by atoms with Gasteiger partial charge in [-0.2, -0.15) is 0 Å². The Bertz CT molecular complexity index is 618. The lowest BCUT2D eigenvalue weighted by molar-refractivity contribution is 0.310. The van der Waals surface area contributed by atoms with Crippen molar-refractivity contribution < 1.29 is 9.47 Å². The van der Waals surface area contributed by atoms with Gasteiger partial charge in [-0.05, 0) is 36.2 Å². The predicted octanol–water partition coefficient (Wildman–Crippen LogP) is 3.45. The van der Waals surface area contributed by atoms with Crippen LogP contribution < -0.4 is 20.1 Å². The van der Waals surface area contributed by atoms with Crippen LogP contribution in [0.5, 0.6) is 11.5 Å². The third-order valence-corrected chi connectivity index (χ3v) is 3.47. The van der Waals surface area contributed by atoms with E-state index in [2.05, 4.69) is 27.8 Å². The van der Waals surface area contributed by atoms with Crippen molar-refractivity contribution in [3.8, 4) is 11.5 Å². The Hall–Kier alpha value is -1.96. The van der Waals surface area contributed by atoms with Crippen LogP contribution in [0.1, 0.15) is 12.0 Å². The third-order valence-electron chi connectivity index (χ3n) is 3.47. The van der Waals surface area contributed by atoms with Crippen LogP contribution in [0.2, 0.25) is 0 Å². The molecule has 0 heterocycles. The molecule has 0 unspecified atom stereocenters. The molecule has 136 valence electrons. The molecule has 0 fully saturated rings. The molecule has 0 amide bonds. The normalized spacial score (nSPS) is 10.6. The molecular weight excluding hydrogens is 429 g/mol. The molecule has 0 aliphatic heterocycles. The zero-order valence-corrected chi connectivity index (χ0v) is 17.0. The van der Waals surface area contributed by atoms with Gasteiger partial charge in [0.1, 0.15) is 11.5 Å². The maximum atomic E-state index is 5.69. The first kappa shape index (κ1) is 21.1. The highest BCUT2D eigenvalue weighted by molar-refractivity contribution is 14.0. The largest absolute Gasteiger partial charge is 0.497 e. The number of nitrogens with one attached hydrogen (secondary N) is 2. The highest BCUT2D eigenvalue weighted by Crippen LogP contribution is 2.16. The fourth-order valence-electron chi connectivity index (χ4n) is 2.14. The van der Waals surface area contributed by atoms with Crippen LogP contribution in [0.15, 0.2) is 59.6 Å². The SMILES string of the molecule is CN=C(NCCCOc1ccc(OC)cc1)NCc1ccccc1.I. The fourth-order valence-corrected chi connectivity index (χ4v) is 2.14. The van der Waals surface area contributed by atoms with E-state index >= 15 is 0 Å². The van der Waals surface area contributed by atoms with Gasteiger partial charge in [-0.25, -0.2) is 0 Å². The zero-order valence-electron chi connectivity index (χ0n) is 14.7. The van der Waals surface area contributed by atoms with E-state index in [1.165, 1.54) is 5.56 Å². The number of guanidine groups is 1. The Morgan fingerprint density at radius 3 is 2.28 bits per heavy atom. The first-order valence-electron chi connectivity index (χ1n) is 8.07. The molecule has 2 N–H and O–H groups in total. The van der Waals surface area contributed by atoms with Crippen molar-refractivity contribution >= 4 is 29.9 Å². The van der Waals surface area contributed by atoms with Crippen LogP contribution in [0, 0.1) is 0 Å². The molecular formula is C19H26IN3O2. The molecule has 2 aromatic carbocycles. The maximum Gasteiger partial charge on any atom is 0.191 e. The first-order chi connectivity index (χ1) is 11.8. The second kappa shape index (κ2) is 12.4. The van der Waals surface area contributed by atoms with E-state index in [1.54, 1.807) is 14.2 Å². The van der Waals surface area contributed by atoms with E-state index in [4.69, 9.17) is 9.47 Å². The van der Waals surface area contributed by atoms with Gasteiger partial charge in [-0.3, -0.25) is 4.99 Å². The monoisotopic (exact) mass is 455 g/mol. The van der Waals surface area contributed by atoms with Crippen molar-refractivity contribution in [3.63, 3.8) is 0 Å². The number of hydrogen-bond acceptors (Lipinski definition) is 3. The summed E-state index contributed by atoms with van der Waals surface area (Å²) in [5.41, 5.74) is 1.23. The van der Waals surface area contributed by atoms with Gasteiger partial charge < -0.3 is 20.1 Å². The van der Waals surface area contributed by atoms with E-state index < -0.39 is 0 Å². The van der Waals surface area contributed by atoms with Crippen LogP contribution in [-0.4, -0.2) is 33.3 Å². The number of aliphatic imine (C=N–C) groups is 1. The number of halogens is 1. The third kappa shape index (κ3) is 8.11. The van der Waals surface area contributed by atoms with Crippen LogP contribution in [-0.2, 0) is 6.54 Å². The smallest absolute Gasteiger partial charge is 0.191 e. The number of ether oxygens (including phenoxy) is 2. The van der Waals surface area contributed by atoms with Crippen molar-refractivity contribution in [2.45, 2.75) is 13.0 Å². The lowest BCUT2D eigenvalue weighted by Gasteiger charge is -2.12. The van der Waals surface area contributed by atoms with Gasteiger partial charge in [0.25, 0.3) is 0 Å². The number of methoxy groups -OCH3 is 1. The number of rotatable bonds is 8. The van der Waals surface area contributed by atoms with Crippen LogP contribution in [0.25, 0.3) is 0 Å². The summed E-state index contributed by atoms with van der Waals surface area (Å²) in [5.74, 6) is 2.47. The van der Waals surface area contributed by atoms with Crippen molar-refractivity contribution in [1.29, 1.82) is 0 Å². The second-order valence-corrected chi connectivity index (χ2v) is 5.22. The van der Waals surface area contributed by atoms with Gasteiger partial charge >= 0.3 is 0 Å². The van der Waals surface area contributed by atoms with E-state index in [0.717, 1.165) is 37.0 Å². The molecule has 0 aliphatic carbocycles. The van der Waals surface area contributed by atoms with Gasteiger partial charge in [-0.15, -0.1) is 24.0 Å². The van der Waals surface area contributed by atoms with Crippen molar-refractivity contribution in [2.75, 3.05) is 27.3 Å². The summed E-state index contributed by atoms with van der Waals surface area (Å²) in [6.45, 7) is 2.20. The van der Waals surface area contributed by atoms with Crippen LogP contribution in [0.4, 0.5) is 0 Å². The molecule has 0 bridgehead atoms. The molecule has 25 heavy (non-hydrogen) atoms. The number of benzene rings is 2. The molecule has 0 spiro atoms. The van der Waals surface area contributed by atoms with Crippen LogP contribution >= 0.6 is 24.0 Å². The van der Waals surface area contributed by atoms with E-state index in [9.17, 15) is 0 Å². The minimum atomic E-state index is 0. The topological polar surface area (TPSA) is 54.9 Å². The Labute approximate surface area is 166 Å². The fraction of sp³-hybridized carbons (Fsp3) is 0.316. The summed E-state index contributed by atoms with van der Waals surface area (Å²) in [6, 6.07) is 17.9. The summed E-state index contributed by atoms with van der Waals surface area (Å²) >= 11 is 0. The van der Waals surface area contributed by atoms with Gasteiger partial charge in [0.15, 0.2) is 5.96 Å². The van der Waals surface area contributed by atoms with Gasteiger partial charge in [-0.1, -0.05) is 30.3 Å². The molecule has 0 saturated carbocycles. The summed E-state index contributed by atoms with van der Waals surface area (Å²) < 4.78 is 10.8. The van der Waals surface area contributed by atoms with Crippen molar-refractivity contribution in [2.24, 2.45) is 4.99 Å². The lowest BCUT2D eigenvalue weighted by atomic mass is 10.2. The van der Waals surface area contributed by atoms with Crippen LogP contribution in [0.3, 0.4) is 0 Å². The first-order valence-corrected chi connectivity index (χ1v) is 8.07. The molecule has 0 aliphatic rings. The molecule has 6 heteroatoms. The van der Waals surface area contributed by atoms with Crippen molar-refractivity contribution in [3.05, 3.63) is 60.2 Å². The molecule has 5 nitrogen and oxygen atoms in total. The molecule has 0 saturated heterocycles. The molecule has 0 aromatic heterocycles. The molecule has 0 radical (unpaired) electrons. The molecule has 2 aromatic rings. The average Bonchev–Trinajstić information content (AvgIpc) is 2.65. The summed E-state index contributed by atoms with van der Waals surface area (Å²) in [6.07, 6.45) is 0.887. The van der Waals surface area contributed by atoms with E-state index in [1.807, 2.05) is 42.5 Å². The Kier molecular flexibility index (Phi) is 10.5. The highest BCUT2D eigenvalue weighted by atomic mass is 127. The molecule has 0 atom stereocenters. The Morgan fingerprint density at radius 1 is 0.960 bits per heavy atom. The van der Waals surface area contributed by atoms with E-state index in [-0.39, 0.29) is 24.0 Å². The summed E-state index contributed by atoms with van der Waals surface area (Å²) in [5, 5.41) is 6.57. The Balaban J connectivity index is 0.00000312. The second-order valence-electron chi connectivity index (χ2n) is 5.22. The number of hydrogen-bond donors (Lipinski definition) is 2. The maximum absolute atomic E-state index is 5.69. The van der Waals surface area contributed by atoms with E-state index in [0.29, 0.717) is 6.61 Å². The minimum Gasteiger partial charge on any atom is -0.497 e. The minimum absolute atomic E-state index is 0. The number of nitrogens with zero attached hydrogens (tertiary/aromatic N) is 1. The van der Waals surface area contributed by atoms with Gasteiger partial charge in [0.2, 0.25) is 0 Å². The zero-order chi connectivity index (χ0) is 17.0. The van der Waals surface area contributed by atoms with Crippen molar-refractivity contribution in [1.82, 2.24) is 10.6 Å². The quantitative estimate of drug-likeness (QED) is 0.277. The molecule has 2 rings (SSSR count). The average molecular weight is 455 g/mol. The summed E-state index contributed by atoms with van der Waals surface area (Å²) in [4.78, 5) is 4.22. The summed E-state index contributed by atoms with van der Waals surface area (Å²) in [7, 11) is 3.43. The lowest BCUT2D eigenvalue weighted by Crippen LogP contribution is -2.37. The van der Waals surface area contributed by atoms with Gasteiger partial charge in [0, 0.05) is 20.1 Å². The van der Waals surface area contributed by atoms with Gasteiger partial charge in [0.05, 0.1) is 13.7 Å². The standard InChI is InChI=1S/C19H25N3O2.HI/c1-20-19(22-15-16-7-4-3-5-8-16)21-13-6-14-24-18-11-9-17(23-2)10-12-18;/h3-5,7-12H,6,13-15H2,1-2H3,(H2,20,21,22);1H. The predicted molar refractivity (Wildman–Crippen MR) is 113 cm³/mol. The highest BCUT2D eigenvalue weighted by Gasteiger charge is 1.99. The Morgan fingerprint density at radius 2 is 1.64 bits per heavy atom.